The molecule has 5 nitrogen and oxygen atoms in total. The first-order chi connectivity index (χ1) is 14.1. The van der Waals surface area contributed by atoms with Gasteiger partial charge in [0.15, 0.2) is 0 Å². The Labute approximate surface area is 172 Å². The Morgan fingerprint density at radius 1 is 1.17 bits per heavy atom. The number of nitrogens with one attached hydrogen (secondary N) is 1. The summed E-state index contributed by atoms with van der Waals surface area (Å²) in [7, 11) is 0. The third-order valence-electron chi connectivity index (χ3n) is 3.97. The smallest absolute Gasteiger partial charge is 0.274 e. The number of hydrogen-bond donors (Lipinski definition) is 1. The van der Waals surface area contributed by atoms with E-state index in [-0.39, 0.29) is 17.7 Å². The maximum Gasteiger partial charge on any atom is 0.274 e. The summed E-state index contributed by atoms with van der Waals surface area (Å²) in [5, 5.41) is 13.2. The molecule has 0 heterocycles. The van der Waals surface area contributed by atoms with Crippen LogP contribution >= 0.6 is 11.6 Å². The van der Waals surface area contributed by atoms with E-state index in [4.69, 9.17) is 21.6 Å². The topological polar surface area (TPSA) is 74.5 Å². The zero-order chi connectivity index (χ0) is 20.6. The van der Waals surface area contributed by atoms with Crippen LogP contribution < -0.4 is 10.2 Å². The van der Waals surface area contributed by atoms with E-state index in [9.17, 15) is 9.18 Å². The number of amides is 1. The van der Waals surface area contributed by atoms with Gasteiger partial charge in [0.25, 0.3) is 5.91 Å². The number of benzene rings is 3. The summed E-state index contributed by atoms with van der Waals surface area (Å²) in [5.74, 6) is -0.965. The summed E-state index contributed by atoms with van der Waals surface area (Å²) in [6, 6.07) is 19.9. The third kappa shape index (κ3) is 5.18. The van der Waals surface area contributed by atoms with Gasteiger partial charge in [-0.15, -0.1) is 0 Å². The van der Waals surface area contributed by atoms with E-state index < -0.39 is 11.7 Å². The average Bonchev–Trinajstić information content (AvgIpc) is 2.73. The lowest BCUT2D eigenvalue weighted by Gasteiger charge is -2.10. The Balaban J connectivity index is 1.67. The predicted octanol–water partition coefficient (Wildman–Crippen LogP) is 4.69. The van der Waals surface area contributed by atoms with Crippen LogP contribution in [0.2, 0.25) is 5.02 Å². The largest absolute Gasteiger partial charge is 0.488 e. The van der Waals surface area contributed by atoms with Crippen molar-refractivity contribution in [3.05, 3.63) is 99.8 Å². The van der Waals surface area contributed by atoms with Crippen molar-refractivity contribution >= 4 is 23.7 Å². The second kappa shape index (κ2) is 9.49. The highest BCUT2D eigenvalue weighted by Crippen LogP contribution is 2.21. The number of nitriles is 1. The van der Waals surface area contributed by atoms with Crippen LogP contribution in [0.5, 0.6) is 5.75 Å². The molecule has 0 atom stereocenters. The molecule has 3 aromatic rings. The lowest BCUT2D eigenvalue weighted by molar-refractivity contribution is 0.0951. The van der Waals surface area contributed by atoms with Gasteiger partial charge in [0.1, 0.15) is 18.2 Å². The average molecular weight is 408 g/mol. The summed E-state index contributed by atoms with van der Waals surface area (Å²) in [6.45, 7) is 0.271. The summed E-state index contributed by atoms with van der Waals surface area (Å²) >= 11 is 6.14. The molecule has 0 bridgehead atoms. The summed E-state index contributed by atoms with van der Waals surface area (Å²) < 4.78 is 19.7. The third-order valence-corrected chi connectivity index (χ3v) is 4.34. The fourth-order valence-corrected chi connectivity index (χ4v) is 2.67. The van der Waals surface area contributed by atoms with Crippen molar-refractivity contribution in [2.45, 2.75) is 6.61 Å². The van der Waals surface area contributed by atoms with Gasteiger partial charge in [0.2, 0.25) is 0 Å². The van der Waals surface area contributed by atoms with E-state index in [2.05, 4.69) is 10.5 Å². The molecule has 1 N–H and O–H groups in total. The zero-order valence-electron chi connectivity index (χ0n) is 15.1. The van der Waals surface area contributed by atoms with Crippen molar-refractivity contribution in [2.24, 2.45) is 5.10 Å². The molecule has 7 heteroatoms. The molecule has 0 aromatic heterocycles. The highest BCUT2D eigenvalue weighted by Gasteiger charge is 2.11. The van der Waals surface area contributed by atoms with Crippen molar-refractivity contribution in [3.8, 4) is 11.8 Å². The van der Waals surface area contributed by atoms with Crippen LogP contribution in [0.3, 0.4) is 0 Å². The number of hydrogen-bond acceptors (Lipinski definition) is 4. The van der Waals surface area contributed by atoms with Crippen LogP contribution in [-0.4, -0.2) is 12.1 Å². The molecule has 0 unspecified atom stereocenters. The number of para-hydroxylation sites is 1. The van der Waals surface area contributed by atoms with Crippen molar-refractivity contribution in [3.63, 3.8) is 0 Å². The van der Waals surface area contributed by atoms with E-state index in [1.54, 1.807) is 24.3 Å². The first-order valence-electron chi connectivity index (χ1n) is 8.57. The molecule has 0 aliphatic rings. The maximum atomic E-state index is 13.9. The summed E-state index contributed by atoms with van der Waals surface area (Å²) in [4.78, 5) is 12.1. The van der Waals surface area contributed by atoms with Crippen LogP contribution in [0.15, 0.2) is 71.8 Å². The standard InChI is InChI=1S/C22H15ClFN3O2/c23-19-7-3-1-6-17(19)14-29-21-8-4-2-5-16(21)13-26-27-22(28)18-10-9-15(12-25)11-20(18)24/h1-11,13H,14H2,(H,27,28)/b26-13-. The molecular formula is C22H15ClFN3O2. The minimum absolute atomic E-state index is 0.132. The molecule has 0 radical (unpaired) electrons. The number of rotatable bonds is 6. The van der Waals surface area contributed by atoms with Gasteiger partial charge in [-0.1, -0.05) is 41.9 Å². The van der Waals surface area contributed by atoms with Crippen LogP contribution in [0.25, 0.3) is 0 Å². The van der Waals surface area contributed by atoms with E-state index in [0.29, 0.717) is 16.3 Å². The number of hydrazone groups is 1. The molecule has 0 spiro atoms. The zero-order valence-corrected chi connectivity index (χ0v) is 15.9. The van der Waals surface area contributed by atoms with Gasteiger partial charge in [-0.3, -0.25) is 4.79 Å². The highest BCUT2D eigenvalue weighted by molar-refractivity contribution is 6.31. The molecule has 0 aliphatic carbocycles. The number of nitrogens with zero attached hydrogens (tertiary/aromatic N) is 2. The number of halogens is 2. The van der Waals surface area contributed by atoms with Crippen molar-refractivity contribution < 1.29 is 13.9 Å². The quantitative estimate of drug-likeness (QED) is 0.475. The number of ether oxygens (including phenoxy) is 1. The van der Waals surface area contributed by atoms with Crippen LogP contribution in [-0.2, 0) is 6.61 Å². The Bertz CT molecular complexity index is 1110. The second-order valence-corrected chi connectivity index (χ2v) is 6.33. The number of carbonyl (C=O) groups excluding carboxylic acids is 1. The van der Waals surface area contributed by atoms with Crippen LogP contribution in [0, 0.1) is 17.1 Å². The van der Waals surface area contributed by atoms with Gasteiger partial charge in [0, 0.05) is 16.1 Å². The Hall–Kier alpha value is -3.69. The van der Waals surface area contributed by atoms with Gasteiger partial charge in [0.05, 0.1) is 23.4 Å². The predicted molar refractivity (Wildman–Crippen MR) is 108 cm³/mol. The molecule has 3 aromatic carbocycles. The Morgan fingerprint density at radius 3 is 2.69 bits per heavy atom. The number of carbonyl (C=O) groups is 1. The molecular weight excluding hydrogens is 393 g/mol. The Kier molecular flexibility index (Phi) is 6.56. The van der Waals surface area contributed by atoms with E-state index in [0.717, 1.165) is 11.6 Å². The fourth-order valence-electron chi connectivity index (χ4n) is 2.48. The lowest BCUT2D eigenvalue weighted by Crippen LogP contribution is -2.19. The first-order valence-corrected chi connectivity index (χ1v) is 8.94. The summed E-state index contributed by atoms with van der Waals surface area (Å²) in [5.41, 5.74) is 3.66. The molecule has 3 rings (SSSR count). The summed E-state index contributed by atoms with van der Waals surface area (Å²) in [6.07, 6.45) is 1.40. The molecule has 0 fully saturated rings. The normalized spacial score (nSPS) is 10.5. The van der Waals surface area contributed by atoms with Crippen molar-refractivity contribution in [2.75, 3.05) is 0 Å². The molecule has 0 saturated heterocycles. The molecule has 0 aliphatic heterocycles. The van der Waals surface area contributed by atoms with Crippen molar-refractivity contribution in [1.29, 1.82) is 5.26 Å². The monoisotopic (exact) mass is 407 g/mol. The molecule has 29 heavy (non-hydrogen) atoms. The van der Waals surface area contributed by atoms with Gasteiger partial charge in [-0.2, -0.15) is 10.4 Å². The van der Waals surface area contributed by atoms with Gasteiger partial charge in [-0.05, 0) is 36.4 Å². The maximum absolute atomic E-state index is 13.9. The SMILES string of the molecule is N#Cc1ccc(C(=O)N/N=C\c2ccccc2OCc2ccccc2Cl)c(F)c1. The lowest BCUT2D eigenvalue weighted by atomic mass is 10.1. The molecule has 0 saturated carbocycles. The van der Waals surface area contributed by atoms with Gasteiger partial charge in [-0.25, -0.2) is 9.82 Å². The van der Waals surface area contributed by atoms with Gasteiger partial charge < -0.3 is 4.74 Å². The Morgan fingerprint density at radius 2 is 1.93 bits per heavy atom. The molecule has 144 valence electrons. The van der Waals surface area contributed by atoms with Crippen LogP contribution in [0.4, 0.5) is 4.39 Å². The highest BCUT2D eigenvalue weighted by atomic mass is 35.5. The van der Waals surface area contributed by atoms with Crippen molar-refractivity contribution in [1.82, 2.24) is 5.43 Å². The fraction of sp³-hybridized carbons (Fsp3) is 0.0455. The van der Waals surface area contributed by atoms with Gasteiger partial charge >= 0.3 is 0 Å². The van der Waals surface area contributed by atoms with E-state index in [1.165, 1.54) is 18.3 Å². The van der Waals surface area contributed by atoms with E-state index >= 15 is 0 Å². The minimum atomic E-state index is -0.791. The van der Waals surface area contributed by atoms with E-state index in [1.807, 2.05) is 30.3 Å². The first kappa shape index (κ1) is 20.1. The second-order valence-electron chi connectivity index (χ2n) is 5.92. The molecule has 1 amide bonds. The van der Waals surface area contributed by atoms with Crippen LogP contribution in [0.1, 0.15) is 27.0 Å². The minimum Gasteiger partial charge on any atom is -0.488 e.